The summed E-state index contributed by atoms with van der Waals surface area (Å²) in [6, 6.07) is -0.331. The van der Waals surface area contributed by atoms with E-state index in [1.165, 1.54) is 0 Å². The first kappa shape index (κ1) is 17.4. The molecule has 0 radical (unpaired) electrons. The largest absolute Gasteiger partial charge is 0.423 e. The highest BCUT2D eigenvalue weighted by Crippen LogP contribution is 2.17. The van der Waals surface area contributed by atoms with Crippen LogP contribution in [0.2, 0.25) is 0 Å². The van der Waals surface area contributed by atoms with Gasteiger partial charge in [0.05, 0.1) is 0 Å². The monoisotopic (exact) mass is 322 g/mol. The highest BCUT2D eigenvalue weighted by atomic mass is 16.4. The summed E-state index contributed by atoms with van der Waals surface area (Å²) in [5.41, 5.74) is 0. The number of carbonyl (C=O) groups excluding carboxylic acids is 2. The van der Waals surface area contributed by atoms with Crippen LogP contribution in [0.25, 0.3) is 0 Å². The number of likely N-dealkylation sites (tertiary alicyclic amines) is 1. The second-order valence-electron chi connectivity index (χ2n) is 6.36. The predicted molar refractivity (Wildman–Crippen MR) is 84.6 cm³/mol. The van der Waals surface area contributed by atoms with Crippen molar-refractivity contribution in [2.45, 2.75) is 64.8 Å². The van der Waals surface area contributed by atoms with Crippen molar-refractivity contribution in [2.24, 2.45) is 0 Å². The van der Waals surface area contributed by atoms with Crippen molar-refractivity contribution in [2.75, 3.05) is 13.1 Å². The van der Waals surface area contributed by atoms with Gasteiger partial charge in [0.25, 0.3) is 0 Å². The zero-order valence-corrected chi connectivity index (χ0v) is 14.2. The average Bonchev–Trinajstić information content (AvgIpc) is 2.91. The van der Waals surface area contributed by atoms with Crippen molar-refractivity contribution in [3.8, 4) is 0 Å². The fourth-order valence-electron chi connectivity index (χ4n) is 2.54. The molecule has 2 rings (SSSR count). The molecule has 1 saturated heterocycles. The molecule has 0 saturated carbocycles. The average molecular weight is 322 g/mol. The number of aromatic nitrogens is 2. The molecule has 128 valence electrons. The summed E-state index contributed by atoms with van der Waals surface area (Å²) in [7, 11) is 0. The van der Waals surface area contributed by atoms with Crippen molar-refractivity contribution in [1.29, 1.82) is 0 Å². The molecule has 0 spiro atoms. The van der Waals surface area contributed by atoms with E-state index in [2.05, 4.69) is 15.5 Å². The molecule has 0 aliphatic carbocycles. The minimum absolute atomic E-state index is 0.112. The van der Waals surface area contributed by atoms with Gasteiger partial charge in [-0.3, -0.25) is 9.59 Å². The summed E-state index contributed by atoms with van der Waals surface area (Å²) in [4.78, 5) is 25.8. The molecule has 0 bridgehead atoms. The lowest BCUT2D eigenvalue weighted by molar-refractivity contribution is -0.131. The SMILES string of the molecule is CC(C)c1nnc([C@@H](C)NC(=O)CCN2CCCCCC2=O)o1. The standard InChI is InChI=1S/C16H26N4O3/c1-11(2)15-18-19-16(23-15)12(3)17-13(21)8-10-20-9-6-4-5-7-14(20)22/h11-12H,4-10H2,1-3H3,(H,17,21)/t12-/m1/s1. The van der Waals surface area contributed by atoms with Crippen LogP contribution in [0.4, 0.5) is 0 Å². The first-order valence-electron chi connectivity index (χ1n) is 8.37. The highest BCUT2D eigenvalue weighted by molar-refractivity contribution is 5.79. The summed E-state index contributed by atoms with van der Waals surface area (Å²) < 4.78 is 5.53. The predicted octanol–water partition coefficient (Wildman–Crippen LogP) is 2.16. The highest BCUT2D eigenvalue weighted by Gasteiger charge is 2.20. The van der Waals surface area contributed by atoms with Gasteiger partial charge < -0.3 is 14.6 Å². The van der Waals surface area contributed by atoms with E-state index in [9.17, 15) is 9.59 Å². The molecule has 1 atom stereocenters. The maximum absolute atomic E-state index is 12.1. The van der Waals surface area contributed by atoms with Gasteiger partial charge >= 0.3 is 0 Å². The van der Waals surface area contributed by atoms with E-state index in [0.29, 0.717) is 31.2 Å². The van der Waals surface area contributed by atoms with E-state index in [1.54, 1.807) is 4.90 Å². The number of carbonyl (C=O) groups is 2. The number of nitrogens with one attached hydrogen (secondary N) is 1. The molecule has 1 aliphatic rings. The number of amides is 2. The van der Waals surface area contributed by atoms with Crippen LogP contribution in [0.15, 0.2) is 4.42 Å². The Bertz CT molecular complexity index is 541. The number of rotatable bonds is 6. The fraction of sp³-hybridized carbons (Fsp3) is 0.750. The van der Waals surface area contributed by atoms with Crippen LogP contribution in [-0.4, -0.2) is 40.0 Å². The van der Waals surface area contributed by atoms with Crippen LogP contribution >= 0.6 is 0 Å². The molecule has 1 N–H and O–H groups in total. The Morgan fingerprint density at radius 1 is 1.22 bits per heavy atom. The molecule has 1 aromatic heterocycles. The van der Waals surface area contributed by atoms with Gasteiger partial charge in [0.1, 0.15) is 6.04 Å². The van der Waals surface area contributed by atoms with E-state index in [1.807, 2.05) is 20.8 Å². The summed E-state index contributed by atoms with van der Waals surface area (Å²) in [6.07, 6.45) is 3.94. The number of hydrogen-bond acceptors (Lipinski definition) is 5. The summed E-state index contributed by atoms with van der Waals surface area (Å²) in [5.74, 6) is 1.18. The molecule has 2 heterocycles. The lowest BCUT2D eigenvalue weighted by Gasteiger charge is -2.20. The Balaban J connectivity index is 1.80. The first-order valence-corrected chi connectivity index (χ1v) is 8.37. The van der Waals surface area contributed by atoms with E-state index < -0.39 is 0 Å². The lowest BCUT2D eigenvalue weighted by Crippen LogP contribution is -2.35. The summed E-state index contributed by atoms with van der Waals surface area (Å²) >= 11 is 0. The van der Waals surface area contributed by atoms with Gasteiger partial charge in [-0.15, -0.1) is 10.2 Å². The van der Waals surface area contributed by atoms with Gasteiger partial charge in [0, 0.05) is 31.8 Å². The van der Waals surface area contributed by atoms with E-state index in [4.69, 9.17) is 4.42 Å². The third kappa shape index (κ3) is 5.04. The minimum Gasteiger partial charge on any atom is -0.423 e. The summed E-state index contributed by atoms with van der Waals surface area (Å²) in [6.45, 7) is 6.98. The third-order valence-corrected chi connectivity index (χ3v) is 3.98. The van der Waals surface area contributed by atoms with Crippen molar-refractivity contribution < 1.29 is 14.0 Å². The Labute approximate surface area is 136 Å². The third-order valence-electron chi connectivity index (χ3n) is 3.98. The topological polar surface area (TPSA) is 88.3 Å². The fourth-order valence-corrected chi connectivity index (χ4v) is 2.54. The second-order valence-corrected chi connectivity index (χ2v) is 6.36. The summed E-state index contributed by atoms with van der Waals surface area (Å²) in [5, 5.41) is 10.8. The normalized spacial score (nSPS) is 17.2. The van der Waals surface area contributed by atoms with Gasteiger partial charge in [0.15, 0.2) is 0 Å². The second kappa shape index (κ2) is 8.08. The molecule has 1 fully saturated rings. The van der Waals surface area contributed by atoms with Crippen LogP contribution < -0.4 is 5.32 Å². The quantitative estimate of drug-likeness (QED) is 0.867. The zero-order valence-electron chi connectivity index (χ0n) is 14.2. The molecule has 7 nitrogen and oxygen atoms in total. The molecule has 0 aromatic carbocycles. The molecule has 0 unspecified atom stereocenters. The maximum Gasteiger partial charge on any atom is 0.238 e. The van der Waals surface area contributed by atoms with Crippen LogP contribution in [0.5, 0.6) is 0 Å². The molecule has 23 heavy (non-hydrogen) atoms. The zero-order chi connectivity index (χ0) is 16.8. The Morgan fingerprint density at radius 2 is 1.96 bits per heavy atom. The molecule has 1 aromatic rings. The van der Waals surface area contributed by atoms with Gasteiger partial charge in [-0.2, -0.15) is 0 Å². The van der Waals surface area contributed by atoms with E-state index in [-0.39, 0.29) is 23.8 Å². The van der Waals surface area contributed by atoms with Gasteiger partial charge in [-0.1, -0.05) is 20.3 Å². The van der Waals surface area contributed by atoms with Crippen molar-refractivity contribution in [3.05, 3.63) is 11.8 Å². The van der Waals surface area contributed by atoms with Crippen LogP contribution in [0, 0.1) is 0 Å². The Morgan fingerprint density at radius 3 is 2.65 bits per heavy atom. The van der Waals surface area contributed by atoms with Crippen molar-refractivity contribution in [1.82, 2.24) is 20.4 Å². The van der Waals surface area contributed by atoms with Gasteiger partial charge in [0.2, 0.25) is 23.6 Å². The molecule has 7 heteroatoms. The maximum atomic E-state index is 12.1. The van der Waals surface area contributed by atoms with Crippen molar-refractivity contribution in [3.63, 3.8) is 0 Å². The van der Waals surface area contributed by atoms with E-state index >= 15 is 0 Å². The minimum atomic E-state index is -0.331. The van der Waals surface area contributed by atoms with Crippen LogP contribution in [0.3, 0.4) is 0 Å². The smallest absolute Gasteiger partial charge is 0.238 e. The van der Waals surface area contributed by atoms with E-state index in [0.717, 1.165) is 25.8 Å². The molecule has 1 aliphatic heterocycles. The van der Waals surface area contributed by atoms with Crippen molar-refractivity contribution >= 4 is 11.8 Å². The Hall–Kier alpha value is -1.92. The van der Waals surface area contributed by atoms with Gasteiger partial charge in [-0.05, 0) is 19.8 Å². The first-order chi connectivity index (χ1) is 11.0. The van der Waals surface area contributed by atoms with Crippen LogP contribution in [0.1, 0.15) is 76.6 Å². The Kier molecular flexibility index (Phi) is 6.12. The molecular formula is C16H26N4O3. The lowest BCUT2D eigenvalue weighted by atomic mass is 10.2. The number of hydrogen-bond donors (Lipinski definition) is 1. The van der Waals surface area contributed by atoms with Crippen LogP contribution in [-0.2, 0) is 9.59 Å². The molecular weight excluding hydrogens is 296 g/mol. The number of nitrogens with zero attached hydrogens (tertiary/aromatic N) is 3. The van der Waals surface area contributed by atoms with Gasteiger partial charge in [-0.25, -0.2) is 0 Å². The molecule has 2 amide bonds.